The van der Waals surface area contributed by atoms with E-state index in [2.05, 4.69) is 15.0 Å². The summed E-state index contributed by atoms with van der Waals surface area (Å²) in [6.45, 7) is 0. The SMILES string of the molecule is Fc1cc(C(F)(F)F)cnc1-c1ncnc(Cl)c1F. The van der Waals surface area contributed by atoms with Gasteiger partial charge in [0.2, 0.25) is 0 Å². The van der Waals surface area contributed by atoms with Crippen LogP contribution < -0.4 is 0 Å². The van der Waals surface area contributed by atoms with Crippen molar-refractivity contribution in [1.29, 1.82) is 0 Å². The second-order valence-electron chi connectivity index (χ2n) is 3.38. The molecule has 0 atom stereocenters. The summed E-state index contributed by atoms with van der Waals surface area (Å²) in [5, 5.41) is -0.578. The third-order valence-electron chi connectivity index (χ3n) is 2.14. The predicted molar refractivity (Wildman–Crippen MR) is 55.2 cm³/mol. The van der Waals surface area contributed by atoms with E-state index in [1.807, 2.05) is 0 Å². The van der Waals surface area contributed by atoms with Crippen molar-refractivity contribution >= 4 is 11.6 Å². The summed E-state index contributed by atoms with van der Waals surface area (Å²) >= 11 is 5.36. The van der Waals surface area contributed by atoms with E-state index in [0.29, 0.717) is 6.20 Å². The first-order valence-electron chi connectivity index (χ1n) is 4.70. The van der Waals surface area contributed by atoms with Crippen LogP contribution >= 0.6 is 11.6 Å². The Balaban J connectivity index is 2.56. The Hall–Kier alpha value is -1.83. The normalized spacial score (nSPS) is 11.7. The first-order valence-corrected chi connectivity index (χ1v) is 5.07. The van der Waals surface area contributed by atoms with Crippen LogP contribution in [0.15, 0.2) is 18.6 Å². The highest BCUT2D eigenvalue weighted by molar-refractivity contribution is 6.29. The van der Waals surface area contributed by atoms with Gasteiger partial charge in [0, 0.05) is 6.20 Å². The van der Waals surface area contributed by atoms with Gasteiger partial charge < -0.3 is 0 Å². The Morgan fingerprint density at radius 3 is 2.26 bits per heavy atom. The molecule has 0 radical (unpaired) electrons. The lowest BCUT2D eigenvalue weighted by atomic mass is 10.2. The van der Waals surface area contributed by atoms with Gasteiger partial charge in [-0.2, -0.15) is 13.2 Å². The molecule has 100 valence electrons. The molecule has 0 N–H and O–H groups in total. The Labute approximate surface area is 108 Å². The molecular weight excluding hydrogens is 293 g/mol. The van der Waals surface area contributed by atoms with Gasteiger partial charge in [-0.05, 0) is 6.07 Å². The molecule has 2 aromatic heterocycles. The lowest BCUT2D eigenvalue weighted by molar-refractivity contribution is -0.138. The largest absolute Gasteiger partial charge is 0.417 e. The molecule has 0 aliphatic rings. The van der Waals surface area contributed by atoms with E-state index in [4.69, 9.17) is 11.6 Å². The van der Waals surface area contributed by atoms with Crippen molar-refractivity contribution < 1.29 is 22.0 Å². The first kappa shape index (κ1) is 13.6. The monoisotopic (exact) mass is 295 g/mol. The van der Waals surface area contributed by atoms with Crippen LogP contribution in [0.3, 0.4) is 0 Å². The molecular formula is C10H3ClF5N3. The molecule has 0 saturated heterocycles. The van der Waals surface area contributed by atoms with Crippen LogP contribution in [0.25, 0.3) is 11.4 Å². The molecule has 0 unspecified atom stereocenters. The number of pyridine rings is 1. The van der Waals surface area contributed by atoms with E-state index < -0.39 is 39.9 Å². The lowest BCUT2D eigenvalue weighted by Crippen LogP contribution is -2.07. The number of hydrogen-bond acceptors (Lipinski definition) is 3. The van der Waals surface area contributed by atoms with Crippen molar-refractivity contribution in [2.45, 2.75) is 6.18 Å². The molecule has 0 aliphatic carbocycles. The number of hydrogen-bond donors (Lipinski definition) is 0. The van der Waals surface area contributed by atoms with Gasteiger partial charge in [0.1, 0.15) is 17.7 Å². The highest BCUT2D eigenvalue weighted by Gasteiger charge is 2.32. The minimum Gasteiger partial charge on any atom is -0.251 e. The predicted octanol–water partition coefficient (Wildman–Crippen LogP) is 3.49. The van der Waals surface area contributed by atoms with Gasteiger partial charge in [0.25, 0.3) is 0 Å². The van der Waals surface area contributed by atoms with Crippen LogP contribution in [0, 0.1) is 11.6 Å². The Morgan fingerprint density at radius 2 is 1.68 bits per heavy atom. The van der Waals surface area contributed by atoms with Crippen molar-refractivity contribution in [3.8, 4) is 11.4 Å². The lowest BCUT2D eigenvalue weighted by Gasteiger charge is -2.08. The van der Waals surface area contributed by atoms with Crippen molar-refractivity contribution in [3.63, 3.8) is 0 Å². The molecule has 2 heterocycles. The van der Waals surface area contributed by atoms with E-state index in [1.54, 1.807) is 0 Å². The third kappa shape index (κ3) is 2.62. The molecule has 0 bridgehead atoms. The third-order valence-corrected chi connectivity index (χ3v) is 2.40. The smallest absolute Gasteiger partial charge is 0.251 e. The van der Waals surface area contributed by atoms with Gasteiger partial charge in [0.05, 0.1) is 5.56 Å². The molecule has 9 heteroatoms. The fourth-order valence-corrected chi connectivity index (χ4v) is 1.41. The summed E-state index contributed by atoms with van der Waals surface area (Å²) in [4.78, 5) is 9.94. The second kappa shape index (κ2) is 4.69. The fourth-order valence-electron chi connectivity index (χ4n) is 1.28. The molecule has 0 fully saturated rings. The molecule has 0 spiro atoms. The first-order chi connectivity index (χ1) is 8.80. The zero-order chi connectivity index (χ0) is 14.2. The maximum atomic E-state index is 13.5. The molecule has 2 aromatic rings. The van der Waals surface area contributed by atoms with Crippen molar-refractivity contribution in [3.05, 3.63) is 40.9 Å². The molecule has 2 rings (SSSR count). The molecule has 0 amide bonds. The van der Waals surface area contributed by atoms with Crippen LogP contribution in [0.2, 0.25) is 5.15 Å². The highest BCUT2D eigenvalue weighted by Crippen LogP contribution is 2.31. The second-order valence-corrected chi connectivity index (χ2v) is 3.74. The fraction of sp³-hybridized carbons (Fsp3) is 0.100. The van der Waals surface area contributed by atoms with Crippen LogP contribution in [0.1, 0.15) is 5.56 Å². The molecule has 3 nitrogen and oxygen atoms in total. The average molecular weight is 296 g/mol. The van der Waals surface area contributed by atoms with Crippen molar-refractivity contribution in [2.24, 2.45) is 0 Å². The number of aromatic nitrogens is 3. The summed E-state index contributed by atoms with van der Waals surface area (Å²) < 4.78 is 64.0. The zero-order valence-corrected chi connectivity index (χ0v) is 9.60. The van der Waals surface area contributed by atoms with E-state index in [9.17, 15) is 22.0 Å². The topological polar surface area (TPSA) is 38.7 Å². The van der Waals surface area contributed by atoms with Gasteiger partial charge in [-0.25, -0.2) is 18.7 Å². The standard InChI is InChI=1S/C10H3ClF5N3/c11-9-6(13)8(18-3-19-9)7-5(12)1-4(2-17-7)10(14,15)16/h1-3H. The van der Waals surface area contributed by atoms with Crippen molar-refractivity contribution in [2.75, 3.05) is 0 Å². The van der Waals surface area contributed by atoms with Gasteiger partial charge >= 0.3 is 6.18 Å². The number of nitrogens with zero attached hydrogens (tertiary/aromatic N) is 3. The average Bonchev–Trinajstić information content (AvgIpc) is 2.32. The molecule has 0 aliphatic heterocycles. The summed E-state index contributed by atoms with van der Waals surface area (Å²) in [6, 6.07) is 0.206. The van der Waals surface area contributed by atoms with Crippen LogP contribution in [-0.4, -0.2) is 15.0 Å². The Morgan fingerprint density at radius 1 is 1.00 bits per heavy atom. The van der Waals surface area contributed by atoms with E-state index in [0.717, 1.165) is 6.33 Å². The quantitative estimate of drug-likeness (QED) is 0.597. The van der Waals surface area contributed by atoms with Crippen LogP contribution in [0.4, 0.5) is 22.0 Å². The molecule has 19 heavy (non-hydrogen) atoms. The van der Waals surface area contributed by atoms with E-state index in [1.165, 1.54) is 0 Å². The van der Waals surface area contributed by atoms with Crippen LogP contribution in [0.5, 0.6) is 0 Å². The van der Waals surface area contributed by atoms with Gasteiger partial charge in [-0.1, -0.05) is 11.6 Å². The highest BCUT2D eigenvalue weighted by atomic mass is 35.5. The van der Waals surface area contributed by atoms with Crippen LogP contribution in [-0.2, 0) is 6.18 Å². The van der Waals surface area contributed by atoms with E-state index in [-0.39, 0.29) is 6.07 Å². The summed E-state index contributed by atoms with van der Waals surface area (Å²) in [5.41, 5.74) is -2.56. The number of alkyl halides is 3. The Bertz CT molecular complexity index is 629. The van der Waals surface area contributed by atoms with Gasteiger partial charge in [0.15, 0.2) is 16.8 Å². The summed E-state index contributed by atoms with van der Waals surface area (Å²) in [6.07, 6.45) is -3.51. The number of rotatable bonds is 1. The molecule has 0 aromatic carbocycles. The molecule has 0 saturated carbocycles. The Kier molecular flexibility index (Phi) is 3.36. The van der Waals surface area contributed by atoms with Gasteiger partial charge in [-0.3, -0.25) is 4.98 Å². The number of halogens is 6. The maximum Gasteiger partial charge on any atom is 0.417 e. The minimum absolute atomic E-state index is 0.206. The maximum absolute atomic E-state index is 13.5. The van der Waals surface area contributed by atoms with Crippen molar-refractivity contribution in [1.82, 2.24) is 15.0 Å². The van der Waals surface area contributed by atoms with E-state index >= 15 is 0 Å². The van der Waals surface area contributed by atoms with Gasteiger partial charge in [-0.15, -0.1) is 0 Å². The zero-order valence-electron chi connectivity index (χ0n) is 8.84. The minimum atomic E-state index is -4.74. The summed E-state index contributed by atoms with van der Waals surface area (Å²) in [5.74, 6) is -2.51. The summed E-state index contributed by atoms with van der Waals surface area (Å²) in [7, 11) is 0.